The van der Waals surface area contributed by atoms with Crippen LogP contribution in [0, 0.1) is 0 Å². The number of thioether (sulfide) groups is 1. The highest BCUT2D eigenvalue weighted by atomic mass is 32.2. The molecular weight excluding hydrogens is 286 g/mol. The van der Waals surface area contributed by atoms with Gasteiger partial charge in [0.25, 0.3) is 0 Å². The number of amides is 1. The SMILES string of the molecule is CC1(C)CN(C(=O)Cc2ccc(/C(N)=N/O)cc2)CCS1. The largest absolute Gasteiger partial charge is 0.409 e. The highest BCUT2D eigenvalue weighted by molar-refractivity contribution is 8.00. The molecule has 0 aliphatic carbocycles. The quantitative estimate of drug-likeness (QED) is 0.385. The Hall–Kier alpha value is -1.69. The minimum atomic E-state index is 0.0719. The third kappa shape index (κ3) is 4.14. The van der Waals surface area contributed by atoms with Crippen molar-refractivity contribution in [3.8, 4) is 0 Å². The van der Waals surface area contributed by atoms with E-state index in [0.29, 0.717) is 12.0 Å². The molecule has 1 aromatic carbocycles. The summed E-state index contributed by atoms with van der Waals surface area (Å²) in [4.78, 5) is 14.3. The van der Waals surface area contributed by atoms with E-state index in [2.05, 4.69) is 19.0 Å². The highest BCUT2D eigenvalue weighted by Crippen LogP contribution is 2.29. The number of rotatable bonds is 3. The molecule has 2 rings (SSSR count). The second-order valence-electron chi connectivity index (χ2n) is 5.78. The van der Waals surface area contributed by atoms with Crippen LogP contribution in [0.25, 0.3) is 0 Å². The van der Waals surface area contributed by atoms with E-state index >= 15 is 0 Å². The summed E-state index contributed by atoms with van der Waals surface area (Å²) >= 11 is 1.91. The first-order valence-electron chi connectivity index (χ1n) is 6.90. The monoisotopic (exact) mass is 307 g/mol. The maximum Gasteiger partial charge on any atom is 0.227 e. The maximum absolute atomic E-state index is 12.4. The van der Waals surface area contributed by atoms with Crippen molar-refractivity contribution in [3.63, 3.8) is 0 Å². The lowest BCUT2D eigenvalue weighted by Crippen LogP contribution is -2.46. The van der Waals surface area contributed by atoms with Gasteiger partial charge in [-0.25, -0.2) is 0 Å². The van der Waals surface area contributed by atoms with Crippen molar-refractivity contribution in [3.05, 3.63) is 35.4 Å². The zero-order chi connectivity index (χ0) is 15.5. The molecule has 1 saturated heterocycles. The first-order valence-corrected chi connectivity index (χ1v) is 7.88. The van der Waals surface area contributed by atoms with Gasteiger partial charge >= 0.3 is 0 Å². The fourth-order valence-electron chi connectivity index (χ4n) is 2.37. The molecule has 1 fully saturated rings. The average Bonchev–Trinajstić information content (AvgIpc) is 2.46. The van der Waals surface area contributed by atoms with Gasteiger partial charge in [-0.05, 0) is 19.4 Å². The van der Waals surface area contributed by atoms with Gasteiger partial charge in [-0.3, -0.25) is 4.79 Å². The third-order valence-corrected chi connectivity index (χ3v) is 4.79. The average molecular weight is 307 g/mol. The van der Waals surface area contributed by atoms with Crippen LogP contribution in [0.15, 0.2) is 29.4 Å². The number of nitrogens with zero attached hydrogens (tertiary/aromatic N) is 2. The molecule has 0 unspecified atom stereocenters. The summed E-state index contributed by atoms with van der Waals surface area (Å²) in [6.07, 6.45) is 0.386. The normalized spacial score (nSPS) is 18.6. The fraction of sp³-hybridized carbons (Fsp3) is 0.467. The molecule has 6 heteroatoms. The Kier molecular flexibility index (Phi) is 4.77. The Balaban J connectivity index is 1.99. The number of carbonyl (C=O) groups is 1. The second-order valence-corrected chi connectivity index (χ2v) is 7.58. The number of hydrogen-bond acceptors (Lipinski definition) is 4. The van der Waals surface area contributed by atoms with E-state index < -0.39 is 0 Å². The van der Waals surface area contributed by atoms with Gasteiger partial charge in [0.05, 0.1) is 6.42 Å². The molecule has 0 spiro atoms. The van der Waals surface area contributed by atoms with E-state index in [1.165, 1.54) is 0 Å². The van der Waals surface area contributed by atoms with Crippen molar-refractivity contribution in [2.75, 3.05) is 18.8 Å². The molecule has 5 nitrogen and oxygen atoms in total. The van der Waals surface area contributed by atoms with Crippen LogP contribution in [0.5, 0.6) is 0 Å². The van der Waals surface area contributed by atoms with Gasteiger partial charge < -0.3 is 15.8 Å². The number of hydrogen-bond donors (Lipinski definition) is 2. The van der Waals surface area contributed by atoms with Crippen molar-refractivity contribution in [1.82, 2.24) is 4.90 Å². The van der Waals surface area contributed by atoms with Gasteiger partial charge in [0.1, 0.15) is 0 Å². The van der Waals surface area contributed by atoms with E-state index in [1.807, 2.05) is 28.8 Å². The van der Waals surface area contributed by atoms with Crippen LogP contribution < -0.4 is 5.73 Å². The Morgan fingerprint density at radius 3 is 2.67 bits per heavy atom. The van der Waals surface area contributed by atoms with Crippen molar-refractivity contribution in [2.24, 2.45) is 10.9 Å². The smallest absolute Gasteiger partial charge is 0.227 e. The lowest BCUT2D eigenvalue weighted by molar-refractivity contribution is -0.130. The van der Waals surface area contributed by atoms with Crippen LogP contribution in [-0.4, -0.2) is 45.4 Å². The Labute approximate surface area is 129 Å². The summed E-state index contributed by atoms with van der Waals surface area (Å²) in [5.41, 5.74) is 7.09. The van der Waals surface area contributed by atoms with Crippen molar-refractivity contribution in [1.29, 1.82) is 0 Å². The number of nitrogens with two attached hydrogens (primary N) is 1. The predicted octanol–water partition coefficient (Wildman–Crippen LogP) is 1.68. The topological polar surface area (TPSA) is 78.9 Å². The summed E-state index contributed by atoms with van der Waals surface area (Å²) in [5.74, 6) is 1.21. The summed E-state index contributed by atoms with van der Waals surface area (Å²) in [5, 5.41) is 11.6. The van der Waals surface area contributed by atoms with Gasteiger partial charge in [0.15, 0.2) is 5.84 Å². The van der Waals surface area contributed by atoms with E-state index in [-0.39, 0.29) is 16.5 Å². The van der Waals surface area contributed by atoms with Gasteiger partial charge in [-0.2, -0.15) is 11.8 Å². The molecule has 0 bridgehead atoms. The summed E-state index contributed by atoms with van der Waals surface area (Å²) in [6.45, 7) is 5.94. The summed E-state index contributed by atoms with van der Waals surface area (Å²) in [6, 6.07) is 7.20. The number of oxime groups is 1. The molecule has 3 N–H and O–H groups in total. The van der Waals surface area contributed by atoms with Crippen LogP contribution in [0.4, 0.5) is 0 Å². The molecule has 114 valence electrons. The molecule has 1 amide bonds. The standard InChI is InChI=1S/C15H21N3O2S/c1-15(2)10-18(7-8-21-15)13(19)9-11-3-5-12(6-4-11)14(16)17-20/h3-6,20H,7-10H2,1-2H3,(H2,16,17). The number of benzene rings is 1. The molecule has 1 heterocycles. The third-order valence-electron chi connectivity index (χ3n) is 3.49. The van der Waals surface area contributed by atoms with Gasteiger partial charge in [0, 0.05) is 29.2 Å². The Morgan fingerprint density at radius 1 is 1.43 bits per heavy atom. The lowest BCUT2D eigenvalue weighted by atomic mass is 10.1. The number of amidine groups is 1. The first-order chi connectivity index (χ1) is 9.91. The van der Waals surface area contributed by atoms with Crippen LogP contribution >= 0.6 is 11.8 Å². The van der Waals surface area contributed by atoms with E-state index in [4.69, 9.17) is 10.9 Å². The Morgan fingerprint density at radius 2 is 2.10 bits per heavy atom. The number of carbonyl (C=O) groups excluding carboxylic acids is 1. The molecule has 21 heavy (non-hydrogen) atoms. The molecule has 1 aliphatic heterocycles. The van der Waals surface area contributed by atoms with Crippen molar-refractivity contribution < 1.29 is 10.0 Å². The minimum Gasteiger partial charge on any atom is -0.409 e. The van der Waals surface area contributed by atoms with Gasteiger partial charge in [-0.15, -0.1) is 0 Å². The summed E-state index contributed by atoms with van der Waals surface area (Å²) < 4.78 is 0.129. The molecule has 0 saturated carbocycles. The van der Waals surface area contributed by atoms with E-state index in [0.717, 1.165) is 24.4 Å². The molecule has 0 aromatic heterocycles. The van der Waals surface area contributed by atoms with Crippen molar-refractivity contribution >= 4 is 23.5 Å². The maximum atomic E-state index is 12.4. The highest BCUT2D eigenvalue weighted by Gasteiger charge is 2.29. The molecule has 1 aromatic rings. The van der Waals surface area contributed by atoms with Crippen LogP contribution in [-0.2, 0) is 11.2 Å². The van der Waals surface area contributed by atoms with Crippen LogP contribution in [0.3, 0.4) is 0 Å². The Bertz CT molecular complexity index is 540. The lowest BCUT2D eigenvalue weighted by Gasteiger charge is -2.37. The zero-order valence-electron chi connectivity index (χ0n) is 12.4. The molecule has 0 radical (unpaired) electrons. The second kappa shape index (κ2) is 6.39. The van der Waals surface area contributed by atoms with E-state index in [9.17, 15) is 4.79 Å². The minimum absolute atomic E-state index is 0.0719. The van der Waals surface area contributed by atoms with Crippen molar-refractivity contribution in [2.45, 2.75) is 25.0 Å². The first kappa shape index (κ1) is 15.7. The van der Waals surface area contributed by atoms with Crippen LogP contribution in [0.2, 0.25) is 0 Å². The summed E-state index contributed by atoms with van der Waals surface area (Å²) in [7, 11) is 0. The van der Waals surface area contributed by atoms with Crippen LogP contribution in [0.1, 0.15) is 25.0 Å². The fourth-order valence-corrected chi connectivity index (χ4v) is 3.48. The van der Waals surface area contributed by atoms with E-state index in [1.54, 1.807) is 12.1 Å². The molecule has 1 aliphatic rings. The van der Waals surface area contributed by atoms with Gasteiger partial charge in [0.2, 0.25) is 5.91 Å². The predicted molar refractivity (Wildman–Crippen MR) is 85.8 cm³/mol. The zero-order valence-corrected chi connectivity index (χ0v) is 13.2. The molecular formula is C15H21N3O2S. The molecule has 0 atom stereocenters. The van der Waals surface area contributed by atoms with Gasteiger partial charge in [-0.1, -0.05) is 29.4 Å².